The molecule has 4 rings (SSSR count). The molecule has 0 aliphatic heterocycles. The number of hydrogen-bond donors (Lipinski definition) is 2. The molecule has 6 nitrogen and oxygen atoms in total. The fourth-order valence-electron chi connectivity index (χ4n) is 2.26. The van der Waals surface area contributed by atoms with E-state index in [1.165, 1.54) is 0 Å². The number of H-pyrrole nitrogens is 2. The molecule has 2 N–H and O–H groups in total. The molecule has 2 aromatic heterocycles. The molecule has 96 valence electrons. The molecule has 0 atom stereocenters. The number of tetrazole rings is 1. The van der Waals surface area contributed by atoms with E-state index in [1.807, 2.05) is 48.5 Å². The monoisotopic (exact) mass is 262 g/mol. The van der Waals surface area contributed by atoms with Crippen molar-refractivity contribution in [3.8, 4) is 22.6 Å². The summed E-state index contributed by atoms with van der Waals surface area (Å²) in [5.41, 5.74) is 3.92. The first kappa shape index (κ1) is 10.9. The van der Waals surface area contributed by atoms with E-state index in [0.29, 0.717) is 5.82 Å². The average molecular weight is 262 g/mol. The summed E-state index contributed by atoms with van der Waals surface area (Å²) < 4.78 is 0. The van der Waals surface area contributed by atoms with Gasteiger partial charge in [-0.25, -0.2) is 5.10 Å². The molecule has 0 saturated carbocycles. The molecular formula is C14H10N6. The van der Waals surface area contributed by atoms with Gasteiger partial charge in [-0.15, -0.1) is 5.10 Å². The summed E-state index contributed by atoms with van der Waals surface area (Å²) in [6.07, 6.45) is 0. The molecule has 0 fully saturated rings. The maximum absolute atomic E-state index is 4.40. The Kier molecular flexibility index (Phi) is 2.32. The van der Waals surface area contributed by atoms with Gasteiger partial charge in [0.2, 0.25) is 0 Å². The highest BCUT2D eigenvalue weighted by Crippen LogP contribution is 2.28. The van der Waals surface area contributed by atoms with Crippen molar-refractivity contribution in [2.24, 2.45) is 0 Å². The molecule has 0 unspecified atom stereocenters. The third kappa shape index (κ3) is 1.66. The van der Waals surface area contributed by atoms with Crippen LogP contribution in [-0.2, 0) is 0 Å². The van der Waals surface area contributed by atoms with Crippen LogP contribution in [0.3, 0.4) is 0 Å². The molecule has 0 spiro atoms. The first-order valence-electron chi connectivity index (χ1n) is 6.19. The van der Waals surface area contributed by atoms with Crippen LogP contribution in [0.5, 0.6) is 0 Å². The molecule has 6 heteroatoms. The molecule has 0 amide bonds. The summed E-state index contributed by atoms with van der Waals surface area (Å²) in [5, 5.41) is 22.4. The van der Waals surface area contributed by atoms with Crippen LogP contribution in [0.2, 0.25) is 0 Å². The Labute approximate surface area is 113 Å². The average Bonchev–Trinajstić information content (AvgIpc) is 3.17. The first-order valence-corrected chi connectivity index (χ1v) is 6.19. The van der Waals surface area contributed by atoms with Crippen molar-refractivity contribution < 1.29 is 0 Å². The smallest absolute Gasteiger partial charge is 0.179 e. The van der Waals surface area contributed by atoms with Crippen molar-refractivity contribution in [1.29, 1.82) is 0 Å². The van der Waals surface area contributed by atoms with E-state index >= 15 is 0 Å². The van der Waals surface area contributed by atoms with Crippen LogP contribution in [-0.4, -0.2) is 30.8 Å². The summed E-state index contributed by atoms with van der Waals surface area (Å²) in [7, 11) is 0. The molecule has 0 bridgehead atoms. The minimum Gasteiger partial charge on any atom is -0.277 e. The number of nitrogens with one attached hydrogen (secondary N) is 2. The van der Waals surface area contributed by atoms with Gasteiger partial charge in [0.15, 0.2) is 5.82 Å². The Morgan fingerprint density at radius 3 is 2.55 bits per heavy atom. The number of nitrogens with zero attached hydrogens (tertiary/aromatic N) is 4. The predicted octanol–water partition coefficient (Wildman–Crippen LogP) is 2.41. The van der Waals surface area contributed by atoms with Crippen LogP contribution in [0.1, 0.15) is 0 Å². The van der Waals surface area contributed by atoms with E-state index < -0.39 is 0 Å². The second-order valence-electron chi connectivity index (χ2n) is 4.45. The maximum Gasteiger partial charge on any atom is 0.179 e. The molecule has 20 heavy (non-hydrogen) atoms. The predicted molar refractivity (Wildman–Crippen MR) is 74.7 cm³/mol. The van der Waals surface area contributed by atoms with E-state index in [1.54, 1.807) is 0 Å². The molecule has 0 aliphatic rings. The van der Waals surface area contributed by atoms with E-state index in [-0.39, 0.29) is 0 Å². The zero-order valence-corrected chi connectivity index (χ0v) is 10.4. The van der Waals surface area contributed by atoms with Gasteiger partial charge in [-0.3, -0.25) is 5.10 Å². The van der Waals surface area contributed by atoms with Crippen molar-refractivity contribution in [2.75, 3.05) is 0 Å². The van der Waals surface area contributed by atoms with Gasteiger partial charge in [0, 0.05) is 16.5 Å². The lowest BCUT2D eigenvalue weighted by molar-refractivity contribution is 0.881. The molecule has 0 radical (unpaired) electrons. The molecular weight excluding hydrogens is 252 g/mol. The number of aromatic nitrogens is 6. The van der Waals surface area contributed by atoms with E-state index in [4.69, 9.17) is 0 Å². The van der Waals surface area contributed by atoms with Crippen molar-refractivity contribution in [3.63, 3.8) is 0 Å². The summed E-state index contributed by atoms with van der Waals surface area (Å²) in [4.78, 5) is 0. The van der Waals surface area contributed by atoms with E-state index in [2.05, 4.69) is 30.8 Å². The van der Waals surface area contributed by atoms with Crippen LogP contribution in [0, 0.1) is 0 Å². The number of fused-ring (bicyclic) bond motifs is 1. The molecule has 2 aromatic carbocycles. The van der Waals surface area contributed by atoms with Gasteiger partial charge in [-0.05, 0) is 28.6 Å². The SMILES string of the molecule is c1ccc(-c2n[nH]c3ccc(-c4nnn[nH]4)cc23)cc1. The summed E-state index contributed by atoms with van der Waals surface area (Å²) in [6.45, 7) is 0. The van der Waals surface area contributed by atoms with Crippen LogP contribution in [0.15, 0.2) is 48.5 Å². The number of aromatic amines is 2. The first-order chi connectivity index (χ1) is 9.92. The molecule has 2 heterocycles. The Morgan fingerprint density at radius 2 is 1.75 bits per heavy atom. The van der Waals surface area contributed by atoms with Gasteiger partial charge in [0.25, 0.3) is 0 Å². The largest absolute Gasteiger partial charge is 0.277 e. The normalized spacial score (nSPS) is 11.0. The van der Waals surface area contributed by atoms with Gasteiger partial charge in [-0.2, -0.15) is 5.10 Å². The second-order valence-corrected chi connectivity index (χ2v) is 4.45. The lowest BCUT2D eigenvalue weighted by Gasteiger charge is -1.99. The Balaban J connectivity index is 1.93. The highest BCUT2D eigenvalue weighted by atomic mass is 15.5. The van der Waals surface area contributed by atoms with Crippen LogP contribution < -0.4 is 0 Å². The van der Waals surface area contributed by atoms with Crippen molar-refractivity contribution >= 4 is 10.9 Å². The summed E-state index contributed by atoms with van der Waals surface area (Å²) >= 11 is 0. The molecule has 0 aliphatic carbocycles. The van der Waals surface area contributed by atoms with E-state index in [0.717, 1.165) is 27.7 Å². The zero-order valence-electron chi connectivity index (χ0n) is 10.4. The van der Waals surface area contributed by atoms with Gasteiger partial charge < -0.3 is 0 Å². The Morgan fingerprint density at radius 1 is 0.850 bits per heavy atom. The standard InChI is InChI=1S/C14H10N6/c1-2-4-9(5-3-1)13-11-8-10(14-17-19-20-18-14)6-7-12(11)15-16-13/h1-8H,(H,15,16)(H,17,18,19,20). The minimum absolute atomic E-state index is 0.645. The van der Waals surface area contributed by atoms with Gasteiger partial charge in [0.1, 0.15) is 0 Å². The fourth-order valence-corrected chi connectivity index (χ4v) is 2.26. The highest BCUT2D eigenvalue weighted by Gasteiger charge is 2.10. The lowest BCUT2D eigenvalue weighted by atomic mass is 10.1. The third-order valence-electron chi connectivity index (χ3n) is 3.23. The van der Waals surface area contributed by atoms with Crippen molar-refractivity contribution in [1.82, 2.24) is 30.8 Å². The van der Waals surface area contributed by atoms with Crippen molar-refractivity contribution in [2.45, 2.75) is 0 Å². The van der Waals surface area contributed by atoms with Gasteiger partial charge >= 0.3 is 0 Å². The lowest BCUT2D eigenvalue weighted by Crippen LogP contribution is -1.82. The fraction of sp³-hybridized carbons (Fsp3) is 0. The summed E-state index contributed by atoms with van der Waals surface area (Å²) in [5.74, 6) is 0.645. The van der Waals surface area contributed by atoms with E-state index in [9.17, 15) is 0 Å². The Hall–Kier alpha value is -3.02. The van der Waals surface area contributed by atoms with Gasteiger partial charge in [-0.1, -0.05) is 30.3 Å². The molecule has 0 saturated heterocycles. The number of hydrogen-bond acceptors (Lipinski definition) is 4. The van der Waals surface area contributed by atoms with Crippen LogP contribution >= 0.6 is 0 Å². The maximum atomic E-state index is 4.40. The second kappa shape index (κ2) is 4.27. The minimum atomic E-state index is 0.645. The number of rotatable bonds is 2. The zero-order chi connectivity index (χ0) is 13.4. The highest BCUT2D eigenvalue weighted by molar-refractivity contribution is 5.95. The third-order valence-corrected chi connectivity index (χ3v) is 3.23. The van der Waals surface area contributed by atoms with Crippen LogP contribution in [0.25, 0.3) is 33.5 Å². The molecule has 4 aromatic rings. The number of benzene rings is 2. The van der Waals surface area contributed by atoms with Crippen molar-refractivity contribution in [3.05, 3.63) is 48.5 Å². The quantitative estimate of drug-likeness (QED) is 0.581. The Bertz CT molecular complexity index is 848. The topological polar surface area (TPSA) is 83.1 Å². The van der Waals surface area contributed by atoms with Crippen LogP contribution in [0.4, 0.5) is 0 Å². The summed E-state index contributed by atoms with van der Waals surface area (Å²) in [6, 6.07) is 16.0. The van der Waals surface area contributed by atoms with Gasteiger partial charge in [0.05, 0.1) is 11.2 Å².